The van der Waals surface area contributed by atoms with Gasteiger partial charge in [-0.2, -0.15) is 0 Å². The van der Waals surface area contributed by atoms with Crippen molar-refractivity contribution in [3.8, 4) is 0 Å². The minimum atomic E-state index is -0.728. The number of esters is 1. The molecule has 0 N–H and O–H groups in total. The number of benzene rings is 1. The molecule has 0 unspecified atom stereocenters. The van der Waals surface area contributed by atoms with E-state index in [4.69, 9.17) is 9.47 Å². The first-order chi connectivity index (χ1) is 8.83. The highest BCUT2D eigenvalue weighted by Crippen LogP contribution is 2.19. The number of Topliss-reactive ketones (excluding diaryl/α,β-unsaturated/α-hetero) is 1. The van der Waals surface area contributed by atoms with E-state index in [0.717, 1.165) is 5.56 Å². The van der Waals surface area contributed by atoms with Crippen LogP contribution in [0.5, 0.6) is 0 Å². The smallest absolute Gasteiger partial charge is 0.313 e. The molecule has 1 rings (SSSR count). The summed E-state index contributed by atoms with van der Waals surface area (Å²) in [6.45, 7) is 5.29. The molecular formula is C15H20O4. The summed E-state index contributed by atoms with van der Waals surface area (Å²) < 4.78 is 10.3. The normalized spacial score (nSPS) is 12.8. The number of hydrogen-bond acceptors (Lipinski definition) is 4. The molecule has 0 spiro atoms. The zero-order valence-electron chi connectivity index (χ0n) is 11.8. The summed E-state index contributed by atoms with van der Waals surface area (Å²) in [6, 6.07) is 9.08. The summed E-state index contributed by atoms with van der Waals surface area (Å²) in [5, 5.41) is 0. The zero-order chi connectivity index (χ0) is 14.5. The average molecular weight is 264 g/mol. The first-order valence-electron chi connectivity index (χ1n) is 6.16. The Labute approximate surface area is 113 Å². The lowest BCUT2D eigenvalue weighted by Crippen LogP contribution is -2.27. The van der Waals surface area contributed by atoms with Crippen LogP contribution in [0.2, 0.25) is 0 Å². The number of ketones is 1. The van der Waals surface area contributed by atoms with Crippen molar-refractivity contribution in [3.05, 3.63) is 35.9 Å². The van der Waals surface area contributed by atoms with Crippen molar-refractivity contribution in [2.75, 3.05) is 7.11 Å². The molecule has 104 valence electrons. The minimum absolute atomic E-state index is 0.287. The van der Waals surface area contributed by atoms with Crippen LogP contribution in [0.15, 0.2) is 30.3 Å². The quantitative estimate of drug-likeness (QED) is 0.606. The van der Waals surface area contributed by atoms with E-state index in [1.54, 1.807) is 32.9 Å². The molecule has 0 aliphatic carbocycles. The summed E-state index contributed by atoms with van der Waals surface area (Å²) in [5.74, 6) is -0.835. The van der Waals surface area contributed by atoms with Crippen molar-refractivity contribution in [1.82, 2.24) is 0 Å². The summed E-state index contributed by atoms with van der Waals surface area (Å²) in [6.07, 6.45) is -1.02. The van der Waals surface area contributed by atoms with Crippen LogP contribution in [0, 0.1) is 0 Å². The molecule has 1 atom stereocenters. The fourth-order valence-corrected chi connectivity index (χ4v) is 1.69. The monoisotopic (exact) mass is 264 g/mol. The molecular weight excluding hydrogens is 244 g/mol. The number of methoxy groups -OCH3 is 1. The summed E-state index contributed by atoms with van der Waals surface area (Å²) in [5.41, 5.74) is 0.144. The predicted molar refractivity (Wildman–Crippen MR) is 71.7 cm³/mol. The van der Waals surface area contributed by atoms with Crippen molar-refractivity contribution in [2.45, 2.75) is 38.9 Å². The van der Waals surface area contributed by atoms with Gasteiger partial charge in [0.1, 0.15) is 18.1 Å². The molecule has 0 radical (unpaired) electrons. The van der Waals surface area contributed by atoms with Crippen molar-refractivity contribution in [1.29, 1.82) is 0 Å². The fourth-order valence-electron chi connectivity index (χ4n) is 1.69. The number of carbonyl (C=O) groups excluding carboxylic acids is 2. The van der Waals surface area contributed by atoms with Gasteiger partial charge in [-0.15, -0.1) is 0 Å². The van der Waals surface area contributed by atoms with E-state index >= 15 is 0 Å². The lowest BCUT2D eigenvalue weighted by atomic mass is 10.0. The highest BCUT2D eigenvalue weighted by molar-refractivity contribution is 5.98. The number of rotatable bonds is 5. The predicted octanol–water partition coefficient (Wildman–Crippen LogP) is 2.68. The van der Waals surface area contributed by atoms with Crippen LogP contribution in [-0.2, 0) is 19.1 Å². The van der Waals surface area contributed by atoms with Crippen LogP contribution in [0.25, 0.3) is 0 Å². The molecule has 0 heterocycles. The third-order valence-corrected chi connectivity index (χ3v) is 2.37. The molecule has 0 amide bonds. The second kappa shape index (κ2) is 6.48. The van der Waals surface area contributed by atoms with Gasteiger partial charge in [0, 0.05) is 7.11 Å². The van der Waals surface area contributed by atoms with E-state index in [2.05, 4.69) is 0 Å². The maximum absolute atomic E-state index is 12.0. The third kappa shape index (κ3) is 5.22. The van der Waals surface area contributed by atoms with Gasteiger partial charge in [-0.25, -0.2) is 0 Å². The van der Waals surface area contributed by atoms with Crippen molar-refractivity contribution in [2.24, 2.45) is 0 Å². The van der Waals surface area contributed by atoms with Crippen LogP contribution in [0.3, 0.4) is 0 Å². The van der Waals surface area contributed by atoms with Crippen LogP contribution in [-0.4, -0.2) is 24.5 Å². The van der Waals surface area contributed by atoms with Gasteiger partial charge < -0.3 is 9.47 Å². The molecule has 19 heavy (non-hydrogen) atoms. The summed E-state index contributed by atoms with van der Waals surface area (Å²) >= 11 is 0. The highest BCUT2D eigenvalue weighted by atomic mass is 16.6. The van der Waals surface area contributed by atoms with Gasteiger partial charge >= 0.3 is 5.97 Å². The Kier molecular flexibility index (Phi) is 5.24. The molecule has 0 saturated heterocycles. The number of ether oxygens (including phenoxy) is 2. The highest BCUT2D eigenvalue weighted by Gasteiger charge is 2.25. The van der Waals surface area contributed by atoms with E-state index in [0.29, 0.717) is 0 Å². The maximum atomic E-state index is 12.0. The van der Waals surface area contributed by atoms with E-state index in [1.807, 2.05) is 18.2 Å². The minimum Gasteiger partial charge on any atom is -0.460 e. The standard InChI is InChI=1S/C15H20O4/c1-15(2,3)19-13(17)10-12(16)14(18-4)11-8-6-5-7-9-11/h5-9,14H,10H2,1-4H3/t14-/m1/s1. The van der Waals surface area contributed by atoms with Gasteiger partial charge in [0.2, 0.25) is 0 Å². The Bertz CT molecular complexity index is 431. The Balaban J connectivity index is 2.68. The second-order valence-electron chi connectivity index (χ2n) is 5.26. The Hall–Kier alpha value is -1.68. The second-order valence-corrected chi connectivity index (χ2v) is 5.26. The molecule has 0 fully saturated rings. The van der Waals surface area contributed by atoms with Crippen LogP contribution in [0.4, 0.5) is 0 Å². The maximum Gasteiger partial charge on any atom is 0.313 e. The molecule has 0 aromatic heterocycles. The SMILES string of the molecule is CO[C@@H](C(=O)CC(=O)OC(C)(C)C)c1ccccc1. The molecule has 4 nitrogen and oxygen atoms in total. The van der Waals surface area contributed by atoms with Crippen LogP contribution >= 0.6 is 0 Å². The van der Waals surface area contributed by atoms with Gasteiger partial charge in [-0.05, 0) is 26.3 Å². The van der Waals surface area contributed by atoms with E-state index < -0.39 is 17.7 Å². The first kappa shape index (κ1) is 15.4. The lowest BCUT2D eigenvalue weighted by Gasteiger charge is -2.20. The van der Waals surface area contributed by atoms with Crippen molar-refractivity contribution < 1.29 is 19.1 Å². The van der Waals surface area contributed by atoms with Crippen molar-refractivity contribution in [3.63, 3.8) is 0 Å². The molecule has 0 aliphatic rings. The molecule has 0 aliphatic heterocycles. The number of hydrogen-bond donors (Lipinski definition) is 0. The average Bonchev–Trinajstić information content (AvgIpc) is 2.28. The van der Waals surface area contributed by atoms with Crippen LogP contribution in [0.1, 0.15) is 38.9 Å². The molecule has 0 saturated carbocycles. The topological polar surface area (TPSA) is 52.6 Å². The summed E-state index contributed by atoms with van der Waals surface area (Å²) in [4.78, 5) is 23.7. The van der Waals surface area contributed by atoms with Crippen LogP contribution < -0.4 is 0 Å². The first-order valence-corrected chi connectivity index (χ1v) is 6.16. The van der Waals surface area contributed by atoms with E-state index in [9.17, 15) is 9.59 Å². The zero-order valence-corrected chi connectivity index (χ0v) is 11.8. The van der Waals surface area contributed by atoms with E-state index in [-0.39, 0.29) is 12.2 Å². The molecule has 1 aromatic carbocycles. The third-order valence-electron chi connectivity index (χ3n) is 2.37. The Morgan fingerprint density at radius 2 is 1.74 bits per heavy atom. The molecule has 1 aromatic rings. The van der Waals surface area contributed by atoms with Gasteiger partial charge in [-0.3, -0.25) is 9.59 Å². The van der Waals surface area contributed by atoms with Gasteiger partial charge in [-0.1, -0.05) is 30.3 Å². The van der Waals surface area contributed by atoms with E-state index in [1.165, 1.54) is 7.11 Å². The molecule has 4 heteroatoms. The Morgan fingerprint density at radius 1 is 1.16 bits per heavy atom. The van der Waals surface area contributed by atoms with Crippen molar-refractivity contribution >= 4 is 11.8 Å². The Morgan fingerprint density at radius 3 is 2.21 bits per heavy atom. The lowest BCUT2D eigenvalue weighted by molar-refractivity contribution is -0.157. The molecule has 0 bridgehead atoms. The fraction of sp³-hybridized carbons (Fsp3) is 0.467. The van der Waals surface area contributed by atoms with Gasteiger partial charge in [0.05, 0.1) is 0 Å². The van der Waals surface area contributed by atoms with Gasteiger partial charge in [0.15, 0.2) is 5.78 Å². The number of carbonyl (C=O) groups is 2. The van der Waals surface area contributed by atoms with Gasteiger partial charge in [0.25, 0.3) is 0 Å². The summed E-state index contributed by atoms with van der Waals surface area (Å²) in [7, 11) is 1.45. The largest absolute Gasteiger partial charge is 0.460 e.